The van der Waals surface area contributed by atoms with Gasteiger partial charge in [0, 0.05) is 6.54 Å². The molecule has 4 nitrogen and oxygen atoms in total. The van der Waals surface area contributed by atoms with E-state index >= 15 is 0 Å². The second-order valence-electron chi connectivity index (χ2n) is 4.37. The zero-order valence-electron chi connectivity index (χ0n) is 9.93. The maximum atomic E-state index is 11.4. The number of carbonyl (C=O) groups excluding carboxylic acids is 1. The number of aliphatic hydroxyl groups is 1. The third-order valence-electron chi connectivity index (χ3n) is 2.94. The Labute approximate surface area is 101 Å². The molecule has 0 radical (unpaired) electrons. The molecule has 1 saturated heterocycles. The van der Waals surface area contributed by atoms with Crippen molar-refractivity contribution in [1.29, 1.82) is 0 Å². The number of aryl methyl sites for hydroxylation is 1. The van der Waals surface area contributed by atoms with Crippen LogP contribution in [0.5, 0.6) is 0 Å². The van der Waals surface area contributed by atoms with Crippen molar-refractivity contribution in [1.82, 2.24) is 4.90 Å². The quantitative estimate of drug-likeness (QED) is 0.857. The minimum absolute atomic E-state index is 0.104. The minimum atomic E-state index is -0.361. The number of cyclic esters (lactones) is 1. The van der Waals surface area contributed by atoms with Crippen LogP contribution in [-0.2, 0) is 11.2 Å². The smallest absolute Gasteiger partial charge is 0.410 e. The highest BCUT2D eigenvalue weighted by molar-refractivity contribution is 5.69. The molecule has 1 unspecified atom stereocenters. The summed E-state index contributed by atoms with van der Waals surface area (Å²) >= 11 is 0. The summed E-state index contributed by atoms with van der Waals surface area (Å²) in [5.41, 5.74) is 2.44. The molecule has 1 N–H and O–H groups in total. The Hall–Kier alpha value is -1.55. The molecule has 0 saturated carbocycles. The van der Waals surface area contributed by atoms with Crippen LogP contribution in [0.3, 0.4) is 0 Å². The Kier molecular flexibility index (Phi) is 3.64. The molecule has 0 aromatic heterocycles. The number of carbonyl (C=O) groups is 1. The van der Waals surface area contributed by atoms with Gasteiger partial charge in [-0.05, 0) is 18.9 Å². The third kappa shape index (κ3) is 2.97. The van der Waals surface area contributed by atoms with Crippen molar-refractivity contribution in [2.75, 3.05) is 19.7 Å². The summed E-state index contributed by atoms with van der Waals surface area (Å²) in [6.07, 6.45) is 0.129. The maximum Gasteiger partial charge on any atom is 0.410 e. The van der Waals surface area contributed by atoms with E-state index in [1.54, 1.807) is 4.90 Å². The average Bonchev–Trinajstić information content (AvgIpc) is 2.69. The van der Waals surface area contributed by atoms with Gasteiger partial charge < -0.3 is 14.7 Å². The van der Waals surface area contributed by atoms with E-state index in [4.69, 9.17) is 9.84 Å². The van der Waals surface area contributed by atoms with Gasteiger partial charge in [-0.3, -0.25) is 0 Å². The molecule has 0 aliphatic carbocycles. The number of hydrogen-bond donors (Lipinski definition) is 1. The lowest BCUT2D eigenvalue weighted by atomic mass is 10.1. The molecule has 1 fully saturated rings. The van der Waals surface area contributed by atoms with Gasteiger partial charge in [0.05, 0.1) is 13.2 Å². The molecule has 0 bridgehead atoms. The summed E-state index contributed by atoms with van der Waals surface area (Å²) in [5, 5.41) is 8.91. The van der Waals surface area contributed by atoms with Gasteiger partial charge in [0.1, 0.15) is 6.10 Å². The minimum Gasteiger partial charge on any atom is -0.442 e. The van der Waals surface area contributed by atoms with E-state index in [0.29, 0.717) is 13.1 Å². The van der Waals surface area contributed by atoms with Crippen LogP contribution in [0.2, 0.25) is 0 Å². The van der Waals surface area contributed by atoms with Gasteiger partial charge in [-0.25, -0.2) is 4.79 Å². The number of nitrogens with zero attached hydrogens (tertiary/aromatic N) is 1. The Balaban J connectivity index is 1.86. The monoisotopic (exact) mass is 235 g/mol. The molecule has 92 valence electrons. The first-order valence-electron chi connectivity index (χ1n) is 5.81. The van der Waals surface area contributed by atoms with Gasteiger partial charge in [0.25, 0.3) is 0 Å². The van der Waals surface area contributed by atoms with Crippen LogP contribution in [0.4, 0.5) is 4.79 Å². The fourth-order valence-corrected chi connectivity index (χ4v) is 1.87. The van der Waals surface area contributed by atoms with Crippen LogP contribution >= 0.6 is 0 Å². The average molecular weight is 235 g/mol. The summed E-state index contributed by atoms with van der Waals surface area (Å²) in [4.78, 5) is 13.1. The summed E-state index contributed by atoms with van der Waals surface area (Å²) in [5.74, 6) is 0. The molecule has 1 aromatic carbocycles. The van der Waals surface area contributed by atoms with Crippen LogP contribution < -0.4 is 0 Å². The topological polar surface area (TPSA) is 49.8 Å². The zero-order valence-corrected chi connectivity index (χ0v) is 9.93. The molecule has 4 heteroatoms. The number of hydrogen-bond acceptors (Lipinski definition) is 3. The van der Waals surface area contributed by atoms with Gasteiger partial charge in [-0.15, -0.1) is 0 Å². The molecule has 17 heavy (non-hydrogen) atoms. The van der Waals surface area contributed by atoms with Gasteiger partial charge in [0.2, 0.25) is 0 Å². The lowest BCUT2D eigenvalue weighted by molar-refractivity contribution is 0.0948. The van der Waals surface area contributed by atoms with Gasteiger partial charge in [-0.2, -0.15) is 0 Å². The molecule has 2 rings (SSSR count). The van der Waals surface area contributed by atoms with Crippen LogP contribution in [0.1, 0.15) is 11.1 Å². The summed E-state index contributed by atoms with van der Waals surface area (Å²) < 4.78 is 4.97. The van der Waals surface area contributed by atoms with Crippen LogP contribution in [-0.4, -0.2) is 41.9 Å². The van der Waals surface area contributed by atoms with Crippen molar-refractivity contribution in [2.24, 2.45) is 0 Å². The molecule has 1 aliphatic rings. The van der Waals surface area contributed by atoms with E-state index in [0.717, 1.165) is 6.42 Å². The maximum absolute atomic E-state index is 11.4. The van der Waals surface area contributed by atoms with Crippen molar-refractivity contribution < 1.29 is 14.6 Å². The van der Waals surface area contributed by atoms with E-state index in [1.807, 2.05) is 6.92 Å². The van der Waals surface area contributed by atoms with Crippen molar-refractivity contribution >= 4 is 6.09 Å². The van der Waals surface area contributed by atoms with Gasteiger partial charge in [-0.1, -0.05) is 29.8 Å². The number of aliphatic hydroxyl groups excluding tert-OH is 1. The molecule has 1 amide bonds. The molecule has 1 atom stereocenters. The SMILES string of the molecule is Cc1ccc(CCN2CC(CO)OC2=O)cc1. The molecule has 1 heterocycles. The first-order chi connectivity index (χ1) is 8.19. The highest BCUT2D eigenvalue weighted by atomic mass is 16.6. The Morgan fingerprint density at radius 3 is 2.71 bits per heavy atom. The predicted octanol–water partition coefficient (Wildman–Crippen LogP) is 1.35. The van der Waals surface area contributed by atoms with Crippen molar-refractivity contribution in [3.63, 3.8) is 0 Å². The summed E-state index contributed by atoms with van der Waals surface area (Å²) in [6.45, 7) is 3.07. The largest absolute Gasteiger partial charge is 0.442 e. The zero-order chi connectivity index (χ0) is 12.3. The fraction of sp³-hybridized carbons (Fsp3) is 0.462. The number of rotatable bonds is 4. The van der Waals surface area contributed by atoms with Gasteiger partial charge >= 0.3 is 6.09 Å². The molecule has 1 aliphatic heterocycles. The standard InChI is InChI=1S/C13H17NO3/c1-10-2-4-11(5-3-10)6-7-14-8-12(9-15)17-13(14)16/h2-5,12,15H,6-9H2,1H3. The van der Waals surface area contributed by atoms with Crippen molar-refractivity contribution in [3.8, 4) is 0 Å². The third-order valence-corrected chi connectivity index (χ3v) is 2.94. The Bertz CT molecular complexity index is 388. The van der Waals surface area contributed by atoms with Crippen LogP contribution in [0.25, 0.3) is 0 Å². The Morgan fingerprint density at radius 1 is 1.41 bits per heavy atom. The number of benzene rings is 1. The van der Waals surface area contributed by atoms with E-state index in [2.05, 4.69) is 24.3 Å². The molecule has 1 aromatic rings. The highest BCUT2D eigenvalue weighted by Crippen LogP contribution is 2.12. The van der Waals surface area contributed by atoms with E-state index in [9.17, 15) is 4.79 Å². The summed E-state index contributed by atoms with van der Waals surface area (Å²) in [6, 6.07) is 8.27. The Morgan fingerprint density at radius 2 is 2.12 bits per heavy atom. The molecular weight excluding hydrogens is 218 g/mol. The van der Waals surface area contributed by atoms with E-state index < -0.39 is 0 Å². The van der Waals surface area contributed by atoms with E-state index in [1.165, 1.54) is 11.1 Å². The normalized spacial score (nSPS) is 19.5. The number of amides is 1. The van der Waals surface area contributed by atoms with Crippen molar-refractivity contribution in [3.05, 3.63) is 35.4 Å². The summed E-state index contributed by atoms with van der Waals surface area (Å²) in [7, 11) is 0. The molecular formula is C13H17NO3. The second kappa shape index (κ2) is 5.19. The highest BCUT2D eigenvalue weighted by Gasteiger charge is 2.29. The lowest BCUT2D eigenvalue weighted by Crippen LogP contribution is -2.28. The van der Waals surface area contributed by atoms with Crippen LogP contribution in [0, 0.1) is 6.92 Å². The second-order valence-corrected chi connectivity index (χ2v) is 4.37. The van der Waals surface area contributed by atoms with E-state index in [-0.39, 0.29) is 18.8 Å². The van der Waals surface area contributed by atoms with Crippen molar-refractivity contribution in [2.45, 2.75) is 19.4 Å². The fourth-order valence-electron chi connectivity index (χ4n) is 1.87. The first kappa shape index (κ1) is 11.9. The lowest BCUT2D eigenvalue weighted by Gasteiger charge is -2.12. The van der Waals surface area contributed by atoms with Gasteiger partial charge in [0.15, 0.2) is 0 Å². The predicted molar refractivity (Wildman–Crippen MR) is 63.8 cm³/mol. The number of ether oxygens (including phenoxy) is 1. The first-order valence-corrected chi connectivity index (χ1v) is 5.81. The van der Waals surface area contributed by atoms with Crippen LogP contribution in [0.15, 0.2) is 24.3 Å². The molecule has 0 spiro atoms.